The van der Waals surface area contributed by atoms with Gasteiger partial charge in [-0.3, -0.25) is 4.79 Å². The summed E-state index contributed by atoms with van der Waals surface area (Å²) >= 11 is 6.02. The Bertz CT molecular complexity index is 689. The van der Waals surface area contributed by atoms with Crippen LogP contribution in [0.3, 0.4) is 0 Å². The van der Waals surface area contributed by atoms with Crippen LogP contribution < -0.4 is 10.1 Å². The van der Waals surface area contributed by atoms with Crippen molar-refractivity contribution in [1.29, 1.82) is 0 Å². The molecule has 0 aliphatic heterocycles. The lowest BCUT2D eigenvalue weighted by atomic mass is 10.2. The Morgan fingerprint density at radius 1 is 1.33 bits per heavy atom. The van der Waals surface area contributed by atoms with E-state index in [0.717, 1.165) is 30.8 Å². The molecule has 1 N–H and O–H groups in total. The number of nitrogens with zero attached hydrogens (tertiary/aromatic N) is 2. The predicted octanol–water partition coefficient (Wildman–Crippen LogP) is 4.36. The second kappa shape index (κ2) is 8.55. The lowest BCUT2D eigenvalue weighted by Gasteiger charge is -2.16. The normalized spacial score (nSPS) is 10.3. The molecule has 128 valence electrons. The molecule has 0 radical (unpaired) electrons. The molecule has 0 spiro atoms. The van der Waals surface area contributed by atoms with Crippen LogP contribution in [-0.2, 0) is 0 Å². The van der Waals surface area contributed by atoms with E-state index in [9.17, 15) is 4.79 Å². The summed E-state index contributed by atoms with van der Waals surface area (Å²) in [7, 11) is 3.39. The van der Waals surface area contributed by atoms with Gasteiger partial charge >= 0.3 is 0 Å². The molecular weight excluding hydrogens is 326 g/mol. The maximum atomic E-state index is 12.3. The lowest BCUT2D eigenvalue weighted by Crippen LogP contribution is -2.28. The first-order chi connectivity index (χ1) is 11.5. The molecule has 24 heavy (non-hydrogen) atoms. The number of methoxy groups -OCH3 is 1. The molecule has 2 aromatic rings. The highest BCUT2D eigenvalue weighted by molar-refractivity contribution is 6.31. The standard InChI is InChI=1S/C18H22ClN3O2/c1-4-5-10-22(2)18(23)15-8-7-14(12-20-15)21-16-11-13(19)6-9-17(16)24-3/h6-9,11-12,21H,4-5,10H2,1-3H3. The van der Waals surface area contributed by atoms with E-state index < -0.39 is 0 Å². The average Bonchev–Trinajstić information content (AvgIpc) is 2.60. The number of benzene rings is 1. The molecule has 1 aromatic carbocycles. The molecule has 0 fully saturated rings. The molecule has 0 saturated carbocycles. The van der Waals surface area contributed by atoms with Gasteiger partial charge in [0, 0.05) is 18.6 Å². The van der Waals surface area contributed by atoms with Crippen LogP contribution in [0.2, 0.25) is 5.02 Å². The van der Waals surface area contributed by atoms with Gasteiger partial charge < -0.3 is 15.0 Å². The van der Waals surface area contributed by atoms with E-state index in [0.29, 0.717) is 16.5 Å². The van der Waals surface area contributed by atoms with Crippen LogP contribution in [0.15, 0.2) is 36.5 Å². The minimum absolute atomic E-state index is 0.0738. The zero-order valence-corrected chi connectivity index (χ0v) is 14.9. The summed E-state index contributed by atoms with van der Waals surface area (Å²) in [6.45, 7) is 2.83. The molecule has 0 aliphatic rings. The summed E-state index contributed by atoms with van der Waals surface area (Å²) in [5.74, 6) is 0.606. The van der Waals surface area contributed by atoms with Gasteiger partial charge in [-0.05, 0) is 36.8 Å². The lowest BCUT2D eigenvalue weighted by molar-refractivity contribution is 0.0787. The van der Waals surface area contributed by atoms with Crippen LogP contribution >= 0.6 is 11.6 Å². The van der Waals surface area contributed by atoms with Gasteiger partial charge in [0.05, 0.1) is 24.7 Å². The van der Waals surface area contributed by atoms with E-state index in [1.807, 2.05) is 6.07 Å². The van der Waals surface area contributed by atoms with Gasteiger partial charge in [0.25, 0.3) is 5.91 Å². The quantitative estimate of drug-likeness (QED) is 0.808. The molecule has 0 bridgehead atoms. The Balaban J connectivity index is 2.10. The largest absolute Gasteiger partial charge is 0.495 e. The fourth-order valence-corrected chi connectivity index (χ4v) is 2.39. The smallest absolute Gasteiger partial charge is 0.272 e. The second-order valence-corrected chi connectivity index (χ2v) is 5.92. The van der Waals surface area contributed by atoms with Crippen molar-refractivity contribution in [3.63, 3.8) is 0 Å². The molecule has 0 unspecified atom stereocenters. The molecule has 0 saturated heterocycles. The summed E-state index contributed by atoms with van der Waals surface area (Å²) in [6, 6.07) is 8.85. The van der Waals surface area contributed by atoms with E-state index in [1.54, 1.807) is 49.5 Å². The predicted molar refractivity (Wildman–Crippen MR) is 97.4 cm³/mol. The van der Waals surface area contributed by atoms with Gasteiger partial charge in [-0.1, -0.05) is 24.9 Å². The maximum absolute atomic E-state index is 12.3. The number of halogens is 1. The van der Waals surface area contributed by atoms with Crippen molar-refractivity contribution in [2.45, 2.75) is 19.8 Å². The van der Waals surface area contributed by atoms with Crippen molar-refractivity contribution in [2.75, 3.05) is 26.0 Å². The van der Waals surface area contributed by atoms with Crippen molar-refractivity contribution in [2.24, 2.45) is 0 Å². The maximum Gasteiger partial charge on any atom is 0.272 e. The van der Waals surface area contributed by atoms with Crippen LogP contribution in [0, 0.1) is 0 Å². The first-order valence-corrected chi connectivity index (χ1v) is 8.25. The van der Waals surface area contributed by atoms with Gasteiger partial charge in [0.1, 0.15) is 11.4 Å². The Kier molecular flexibility index (Phi) is 6.44. The zero-order chi connectivity index (χ0) is 17.5. The highest BCUT2D eigenvalue weighted by Crippen LogP contribution is 2.30. The first-order valence-electron chi connectivity index (χ1n) is 7.87. The molecule has 5 nitrogen and oxygen atoms in total. The number of pyridine rings is 1. The molecule has 1 aromatic heterocycles. The van der Waals surface area contributed by atoms with E-state index >= 15 is 0 Å². The van der Waals surface area contributed by atoms with E-state index in [4.69, 9.17) is 16.3 Å². The van der Waals surface area contributed by atoms with Gasteiger partial charge in [-0.25, -0.2) is 4.98 Å². The van der Waals surface area contributed by atoms with Gasteiger partial charge in [0.15, 0.2) is 0 Å². The fraction of sp³-hybridized carbons (Fsp3) is 0.333. The third-order valence-electron chi connectivity index (χ3n) is 3.62. The highest BCUT2D eigenvalue weighted by atomic mass is 35.5. The number of anilines is 2. The van der Waals surface area contributed by atoms with Gasteiger partial charge in [-0.15, -0.1) is 0 Å². The highest BCUT2D eigenvalue weighted by Gasteiger charge is 2.12. The second-order valence-electron chi connectivity index (χ2n) is 5.48. The summed E-state index contributed by atoms with van der Waals surface area (Å²) in [6.07, 6.45) is 3.66. The monoisotopic (exact) mass is 347 g/mol. The number of amides is 1. The number of unbranched alkanes of at least 4 members (excludes halogenated alkanes) is 1. The fourth-order valence-electron chi connectivity index (χ4n) is 2.22. The third kappa shape index (κ3) is 4.61. The number of ether oxygens (including phenoxy) is 1. The average molecular weight is 348 g/mol. The topological polar surface area (TPSA) is 54.5 Å². The Hall–Kier alpha value is -2.27. The number of carbonyl (C=O) groups is 1. The van der Waals surface area contributed by atoms with Crippen LogP contribution in [0.4, 0.5) is 11.4 Å². The minimum Gasteiger partial charge on any atom is -0.495 e. The van der Waals surface area contributed by atoms with E-state index in [2.05, 4.69) is 17.2 Å². The number of rotatable bonds is 7. The molecule has 2 rings (SSSR count). The van der Waals surface area contributed by atoms with E-state index in [1.165, 1.54) is 0 Å². The third-order valence-corrected chi connectivity index (χ3v) is 3.85. The number of hydrogen-bond acceptors (Lipinski definition) is 4. The Morgan fingerprint density at radius 3 is 2.75 bits per heavy atom. The molecule has 6 heteroatoms. The molecule has 1 heterocycles. The molecule has 0 atom stereocenters. The van der Waals surface area contributed by atoms with Crippen LogP contribution in [0.1, 0.15) is 30.3 Å². The van der Waals surface area contributed by atoms with E-state index in [-0.39, 0.29) is 5.91 Å². The zero-order valence-electron chi connectivity index (χ0n) is 14.2. The Morgan fingerprint density at radius 2 is 2.12 bits per heavy atom. The molecular formula is C18H22ClN3O2. The van der Waals surface area contributed by atoms with Crippen molar-refractivity contribution >= 4 is 28.9 Å². The van der Waals surface area contributed by atoms with Gasteiger partial charge in [0.2, 0.25) is 0 Å². The number of nitrogens with one attached hydrogen (secondary N) is 1. The van der Waals surface area contributed by atoms with Crippen LogP contribution in [0.25, 0.3) is 0 Å². The van der Waals surface area contributed by atoms with Crippen molar-refractivity contribution < 1.29 is 9.53 Å². The number of hydrogen-bond donors (Lipinski definition) is 1. The van der Waals surface area contributed by atoms with Crippen LogP contribution in [-0.4, -0.2) is 36.5 Å². The molecule has 0 aliphatic carbocycles. The number of carbonyl (C=O) groups excluding carboxylic acids is 1. The van der Waals surface area contributed by atoms with Crippen molar-refractivity contribution in [1.82, 2.24) is 9.88 Å². The SMILES string of the molecule is CCCCN(C)C(=O)c1ccc(Nc2cc(Cl)ccc2OC)cn1. The summed E-state index contributed by atoms with van der Waals surface area (Å²) in [5, 5.41) is 3.80. The summed E-state index contributed by atoms with van der Waals surface area (Å²) in [5.41, 5.74) is 1.92. The van der Waals surface area contributed by atoms with Gasteiger partial charge in [-0.2, -0.15) is 0 Å². The Labute approximate surface area is 147 Å². The summed E-state index contributed by atoms with van der Waals surface area (Å²) < 4.78 is 5.30. The minimum atomic E-state index is -0.0738. The van der Waals surface area contributed by atoms with Crippen molar-refractivity contribution in [3.05, 3.63) is 47.2 Å². The van der Waals surface area contributed by atoms with Crippen LogP contribution in [0.5, 0.6) is 5.75 Å². The van der Waals surface area contributed by atoms with Crippen molar-refractivity contribution in [3.8, 4) is 5.75 Å². The first kappa shape index (κ1) is 18.1. The molecule has 1 amide bonds. The number of aromatic nitrogens is 1. The summed E-state index contributed by atoms with van der Waals surface area (Å²) in [4.78, 5) is 18.2.